The largest absolute Gasteiger partial charge is 0.380 e. The zero-order chi connectivity index (χ0) is 12.1. The van der Waals surface area contributed by atoms with Crippen LogP contribution in [0.25, 0.3) is 0 Å². The minimum atomic E-state index is -0.222. The summed E-state index contributed by atoms with van der Waals surface area (Å²) < 4.78 is 1.41. The van der Waals surface area contributed by atoms with Crippen LogP contribution in [0.1, 0.15) is 33.6 Å². The molecule has 1 N–H and O–H groups in total. The van der Waals surface area contributed by atoms with E-state index in [1.807, 2.05) is 13.8 Å². The van der Waals surface area contributed by atoms with Crippen molar-refractivity contribution in [1.29, 1.82) is 0 Å². The molecular formula is C11H18ClN3O. The number of nitrogens with zero attached hydrogens (tertiary/aromatic N) is 2. The molecule has 16 heavy (non-hydrogen) atoms. The van der Waals surface area contributed by atoms with Crippen LogP contribution < -0.4 is 10.9 Å². The third-order valence-corrected chi connectivity index (χ3v) is 2.52. The summed E-state index contributed by atoms with van der Waals surface area (Å²) in [4.78, 5) is 11.8. The van der Waals surface area contributed by atoms with Crippen LogP contribution >= 0.6 is 11.6 Å². The van der Waals surface area contributed by atoms with Gasteiger partial charge in [-0.1, -0.05) is 24.9 Å². The van der Waals surface area contributed by atoms with Crippen molar-refractivity contribution in [2.75, 3.05) is 5.32 Å². The molecule has 4 nitrogen and oxygen atoms in total. The van der Waals surface area contributed by atoms with Gasteiger partial charge in [-0.15, -0.1) is 0 Å². The van der Waals surface area contributed by atoms with Gasteiger partial charge >= 0.3 is 0 Å². The Morgan fingerprint density at radius 2 is 2.25 bits per heavy atom. The van der Waals surface area contributed by atoms with E-state index in [-0.39, 0.29) is 16.6 Å². The first kappa shape index (κ1) is 13.0. The first-order valence-electron chi connectivity index (χ1n) is 5.58. The Balaban J connectivity index is 2.94. The van der Waals surface area contributed by atoms with Gasteiger partial charge in [0.15, 0.2) is 0 Å². The van der Waals surface area contributed by atoms with Crippen molar-refractivity contribution in [1.82, 2.24) is 9.78 Å². The van der Waals surface area contributed by atoms with E-state index in [0.717, 1.165) is 12.8 Å². The molecule has 0 fully saturated rings. The van der Waals surface area contributed by atoms with Gasteiger partial charge in [-0.05, 0) is 20.3 Å². The van der Waals surface area contributed by atoms with Crippen molar-refractivity contribution in [3.05, 3.63) is 21.6 Å². The summed E-state index contributed by atoms with van der Waals surface area (Å²) in [5.41, 5.74) is 0.384. The smallest absolute Gasteiger partial charge is 0.287 e. The fraction of sp³-hybridized carbons (Fsp3) is 0.636. The van der Waals surface area contributed by atoms with Gasteiger partial charge in [-0.2, -0.15) is 5.10 Å². The van der Waals surface area contributed by atoms with E-state index < -0.39 is 0 Å². The van der Waals surface area contributed by atoms with E-state index in [1.165, 1.54) is 4.68 Å². The Labute approximate surface area is 101 Å². The lowest BCUT2D eigenvalue weighted by molar-refractivity contribution is 0.543. The van der Waals surface area contributed by atoms with Crippen LogP contribution in [0.4, 0.5) is 5.69 Å². The molecule has 0 spiro atoms. The molecule has 0 saturated carbocycles. The first-order valence-corrected chi connectivity index (χ1v) is 5.96. The highest BCUT2D eigenvalue weighted by atomic mass is 35.5. The van der Waals surface area contributed by atoms with Crippen molar-refractivity contribution in [3.63, 3.8) is 0 Å². The zero-order valence-electron chi connectivity index (χ0n) is 9.96. The molecule has 0 unspecified atom stereocenters. The third kappa shape index (κ3) is 3.23. The molecule has 1 heterocycles. The van der Waals surface area contributed by atoms with Crippen molar-refractivity contribution in [2.24, 2.45) is 0 Å². The van der Waals surface area contributed by atoms with E-state index in [0.29, 0.717) is 12.2 Å². The summed E-state index contributed by atoms with van der Waals surface area (Å²) >= 11 is 5.99. The number of unbranched alkanes of at least 4 members (excludes halogenated alkanes) is 1. The molecule has 0 aliphatic heterocycles. The normalized spacial score (nSPS) is 10.8. The number of hydrogen-bond acceptors (Lipinski definition) is 3. The maximum atomic E-state index is 11.8. The van der Waals surface area contributed by atoms with Gasteiger partial charge < -0.3 is 5.32 Å². The summed E-state index contributed by atoms with van der Waals surface area (Å²) in [5.74, 6) is 0. The minimum absolute atomic E-state index is 0.222. The van der Waals surface area contributed by atoms with E-state index in [4.69, 9.17) is 11.6 Å². The van der Waals surface area contributed by atoms with Gasteiger partial charge in [0.05, 0.1) is 11.9 Å². The lowest BCUT2D eigenvalue weighted by Gasteiger charge is -2.12. The second-order valence-corrected chi connectivity index (χ2v) is 4.43. The lowest BCUT2D eigenvalue weighted by atomic mass is 10.3. The van der Waals surface area contributed by atoms with Crippen molar-refractivity contribution >= 4 is 17.3 Å². The Kier molecular flexibility index (Phi) is 4.80. The maximum Gasteiger partial charge on any atom is 0.287 e. The van der Waals surface area contributed by atoms with Gasteiger partial charge in [0.1, 0.15) is 5.02 Å². The summed E-state index contributed by atoms with van der Waals surface area (Å²) in [7, 11) is 0. The number of halogens is 1. The standard InChI is InChI=1S/C11H18ClN3O/c1-4-5-6-15-11(16)10(12)9(7-13-15)14-8(2)3/h7-8,14H,4-6H2,1-3H3. The fourth-order valence-electron chi connectivity index (χ4n) is 1.34. The molecule has 0 aromatic carbocycles. The highest BCUT2D eigenvalue weighted by Gasteiger charge is 2.09. The molecule has 90 valence electrons. The monoisotopic (exact) mass is 243 g/mol. The van der Waals surface area contributed by atoms with E-state index in [9.17, 15) is 4.79 Å². The van der Waals surface area contributed by atoms with Crippen LogP contribution in [0.5, 0.6) is 0 Å². The minimum Gasteiger partial charge on any atom is -0.380 e. The number of nitrogens with one attached hydrogen (secondary N) is 1. The third-order valence-electron chi connectivity index (χ3n) is 2.15. The maximum absolute atomic E-state index is 11.8. The molecule has 0 bridgehead atoms. The molecule has 0 radical (unpaired) electrons. The van der Waals surface area contributed by atoms with Crippen LogP contribution in [0.3, 0.4) is 0 Å². The summed E-state index contributed by atoms with van der Waals surface area (Å²) in [5, 5.41) is 7.40. The Hall–Kier alpha value is -1.03. The van der Waals surface area contributed by atoms with Crippen LogP contribution in [-0.4, -0.2) is 15.8 Å². The van der Waals surface area contributed by atoms with Crippen LogP contribution in [0.15, 0.2) is 11.0 Å². The highest BCUT2D eigenvalue weighted by Crippen LogP contribution is 2.16. The average Bonchev–Trinajstić information content (AvgIpc) is 2.23. The van der Waals surface area contributed by atoms with Crippen molar-refractivity contribution in [2.45, 2.75) is 46.2 Å². The SMILES string of the molecule is CCCCn1ncc(NC(C)C)c(Cl)c1=O. The molecule has 5 heteroatoms. The molecule has 0 aliphatic carbocycles. The summed E-state index contributed by atoms with van der Waals surface area (Å²) in [6.07, 6.45) is 3.57. The van der Waals surface area contributed by atoms with Gasteiger partial charge in [0.2, 0.25) is 0 Å². The topological polar surface area (TPSA) is 46.9 Å². The predicted octanol–water partition coefficient (Wildman–Crippen LogP) is 2.52. The second kappa shape index (κ2) is 5.89. The molecule has 0 saturated heterocycles. The van der Waals surface area contributed by atoms with Crippen LogP contribution in [0.2, 0.25) is 5.02 Å². The molecule has 1 rings (SSSR count). The van der Waals surface area contributed by atoms with Gasteiger partial charge in [0, 0.05) is 12.6 Å². The van der Waals surface area contributed by atoms with Crippen molar-refractivity contribution in [3.8, 4) is 0 Å². The van der Waals surface area contributed by atoms with Gasteiger partial charge in [-0.3, -0.25) is 4.79 Å². The average molecular weight is 244 g/mol. The fourth-order valence-corrected chi connectivity index (χ4v) is 1.54. The number of hydrogen-bond donors (Lipinski definition) is 1. The molecule has 1 aromatic heterocycles. The Morgan fingerprint density at radius 3 is 2.81 bits per heavy atom. The molecule has 0 aliphatic rings. The highest BCUT2D eigenvalue weighted by molar-refractivity contribution is 6.32. The molecule has 1 aromatic rings. The summed E-state index contributed by atoms with van der Waals surface area (Å²) in [6.45, 7) is 6.66. The Bertz CT molecular complexity index is 401. The molecule has 0 atom stereocenters. The second-order valence-electron chi connectivity index (χ2n) is 4.05. The predicted molar refractivity (Wildman–Crippen MR) is 67.2 cm³/mol. The van der Waals surface area contributed by atoms with Crippen LogP contribution in [-0.2, 0) is 6.54 Å². The number of aryl methyl sites for hydroxylation is 1. The molecular weight excluding hydrogens is 226 g/mol. The number of rotatable bonds is 5. The van der Waals surface area contributed by atoms with E-state index >= 15 is 0 Å². The molecule has 0 amide bonds. The van der Waals surface area contributed by atoms with E-state index in [2.05, 4.69) is 17.3 Å². The van der Waals surface area contributed by atoms with Gasteiger partial charge in [0.25, 0.3) is 5.56 Å². The Morgan fingerprint density at radius 1 is 1.56 bits per heavy atom. The quantitative estimate of drug-likeness (QED) is 0.865. The van der Waals surface area contributed by atoms with Crippen LogP contribution in [0, 0.1) is 0 Å². The zero-order valence-corrected chi connectivity index (χ0v) is 10.7. The number of anilines is 1. The number of aromatic nitrogens is 2. The van der Waals surface area contributed by atoms with Crippen molar-refractivity contribution < 1.29 is 0 Å². The summed E-state index contributed by atoms with van der Waals surface area (Å²) in [6, 6.07) is 0.227. The van der Waals surface area contributed by atoms with Gasteiger partial charge in [-0.25, -0.2) is 4.68 Å². The van der Waals surface area contributed by atoms with E-state index in [1.54, 1.807) is 6.20 Å². The first-order chi connectivity index (χ1) is 7.56. The lowest BCUT2D eigenvalue weighted by Crippen LogP contribution is -2.25.